The van der Waals surface area contributed by atoms with Crippen LogP contribution >= 0.6 is 0 Å². The molecule has 1 aromatic carbocycles. The lowest BCUT2D eigenvalue weighted by molar-refractivity contribution is 0.0760. The van der Waals surface area contributed by atoms with E-state index in [1.807, 2.05) is 0 Å². The van der Waals surface area contributed by atoms with Crippen molar-refractivity contribution in [2.24, 2.45) is 0 Å². The molecule has 0 radical (unpaired) electrons. The number of aryl methyl sites for hydroxylation is 1. The zero-order chi connectivity index (χ0) is 20.4. The normalized spacial score (nSPS) is 17.5. The van der Waals surface area contributed by atoms with Crippen molar-refractivity contribution in [3.8, 4) is 17.2 Å². The van der Waals surface area contributed by atoms with E-state index >= 15 is 0 Å². The summed E-state index contributed by atoms with van der Waals surface area (Å²) in [5.41, 5.74) is 1.17. The number of nitrogens with zero attached hydrogens (tertiary/aromatic N) is 2. The maximum Gasteiger partial charge on any atom is 0.268 e. The average Bonchev–Trinajstić information content (AvgIpc) is 3.39. The van der Waals surface area contributed by atoms with Crippen molar-refractivity contribution in [3.05, 3.63) is 51.9 Å². The van der Waals surface area contributed by atoms with Crippen LogP contribution in [0.1, 0.15) is 41.6 Å². The fourth-order valence-corrected chi connectivity index (χ4v) is 3.85. The first-order chi connectivity index (χ1) is 14.0. The highest BCUT2D eigenvalue weighted by Gasteiger charge is 2.22. The second-order valence-corrected chi connectivity index (χ2v) is 7.59. The fraction of sp³-hybridized carbons (Fsp3) is 0.455. The predicted octanol–water partition coefficient (Wildman–Crippen LogP) is 2.91. The van der Waals surface area contributed by atoms with Gasteiger partial charge < -0.3 is 19.1 Å². The van der Waals surface area contributed by atoms with Crippen LogP contribution in [0.5, 0.6) is 11.5 Å². The largest absolute Gasteiger partial charge is 0.454 e. The predicted molar refractivity (Wildman–Crippen MR) is 108 cm³/mol. The molecule has 1 aromatic heterocycles. The van der Waals surface area contributed by atoms with Crippen molar-refractivity contribution in [1.82, 2.24) is 9.47 Å². The first-order valence-corrected chi connectivity index (χ1v) is 10.0. The highest BCUT2D eigenvalue weighted by atomic mass is 16.7. The molecule has 0 aliphatic carbocycles. The molecular weight excluding hydrogens is 372 g/mol. The van der Waals surface area contributed by atoms with Crippen molar-refractivity contribution >= 4 is 5.91 Å². The molecule has 0 saturated carbocycles. The van der Waals surface area contributed by atoms with Crippen molar-refractivity contribution < 1.29 is 19.0 Å². The van der Waals surface area contributed by atoms with Crippen molar-refractivity contribution in [2.75, 3.05) is 27.0 Å². The molecule has 1 amide bonds. The van der Waals surface area contributed by atoms with Gasteiger partial charge in [0.15, 0.2) is 11.5 Å². The Morgan fingerprint density at radius 2 is 2.07 bits per heavy atom. The quantitative estimate of drug-likeness (QED) is 0.748. The topological polar surface area (TPSA) is 70.0 Å². The number of carbonyl (C=O) groups excluding carboxylic acids is 1. The van der Waals surface area contributed by atoms with Gasteiger partial charge >= 0.3 is 0 Å². The van der Waals surface area contributed by atoms with Gasteiger partial charge in [0, 0.05) is 32.5 Å². The third kappa shape index (κ3) is 4.00. The summed E-state index contributed by atoms with van der Waals surface area (Å²) in [5, 5.41) is 0. The lowest BCUT2D eigenvalue weighted by Gasteiger charge is -2.19. The number of benzene rings is 1. The first-order valence-electron chi connectivity index (χ1n) is 10.0. The van der Waals surface area contributed by atoms with E-state index in [9.17, 15) is 9.59 Å². The Morgan fingerprint density at radius 1 is 1.24 bits per heavy atom. The number of pyridine rings is 1. The molecule has 2 aliphatic rings. The van der Waals surface area contributed by atoms with Crippen molar-refractivity contribution in [2.45, 2.75) is 38.7 Å². The Morgan fingerprint density at radius 3 is 2.86 bits per heavy atom. The van der Waals surface area contributed by atoms with Crippen LogP contribution < -0.4 is 15.0 Å². The van der Waals surface area contributed by atoms with E-state index in [-0.39, 0.29) is 23.8 Å². The average molecular weight is 398 g/mol. The smallest absolute Gasteiger partial charge is 0.268 e. The van der Waals surface area contributed by atoms with Gasteiger partial charge in [0.2, 0.25) is 6.79 Å². The molecule has 0 bridgehead atoms. The second kappa shape index (κ2) is 8.29. The molecule has 154 valence electrons. The van der Waals surface area contributed by atoms with E-state index in [4.69, 9.17) is 14.2 Å². The SMILES string of the molecule is Cc1ccn(-c2ccc3c(c2)OCO3)c(=O)c1C(=O)N(C)CCCC1CCCO1. The van der Waals surface area contributed by atoms with Crippen molar-refractivity contribution in [3.63, 3.8) is 0 Å². The van der Waals surface area contributed by atoms with E-state index in [0.29, 0.717) is 35.4 Å². The number of aromatic nitrogens is 1. The first kappa shape index (κ1) is 19.5. The molecule has 4 rings (SSSR count). The Hall–Kier alpha value is -2.80. The van der Waals surface area contributed by atoms with E-state index in [2.05, 4.69) is 0 Å². The summed E-state index contributed by atoms with van der Waals surface area (Å²) in [4.78, 5) is 27.8. The lowest BCUT2D eigenvalue weighted by atomic mass is 10.1. The van der Waals surface area contributed by atoms with Crippen LogP contribution in [-0.2, 0) is 4.74 Å². The minimum absolute atomic E-state index is 0.169. The fourth-order valence-electron chi connectivity index (χ4n) is 3.85. The molecule has 1 unspecified atom stereocenters. The zero-order valence-electron chi connectivity index (χ0n) is 16.8. The standard InChI is InChI=1S/C22H26N2O5/c1-15-9-11-24(16-7-8-18-19(13-16)29-14-28-18)22(26)20(15)21(25)23(2)10-3-5-17-6-4-12-27-17/h7-9,11,13,17H,3-6,10,12,14H2,1-2H3. The van der Waals surface area contributed by atoms with Gasteiger partial charge in [-0.1, -0.05) is 0 Å². The number of amides is 1. The Bertz CT molecular complexity index is 962. The Balaban J connectivity index is 1.53. The van der Waals surface area contributed by atoms with Gasteiger partial charge in [-0.2, -0.15) is 0 Å². The number of hydrogen-bond acceptors (Lipinski definition) is 5. The van der Waals surface area contributed by atoms with Gasteiger partial charge in [-0.25, -0.2) is 0 Å². The highest BCUT2D eigenvalue weighted by Crippen LogP contribution is 2.33. The molecule has 29 heavy (non-hydrogen) atoms. The van der Waals surface area contributed by atoms with Gasteiger partial charge in [-0.3, -0.25) is 14.2 Å². The summed E-state index contributed by atoms with van der Waals surface area (Å²) in [6.07, 6.45) is 5.99. The molecule has 2 aromatic rings. The lowest BCUT2D eigenvalue weighted by Crippen LogP contribution is -2.35. The van der Waals surface area contributed by atoms with Gasteiger partial charge in [-0.15, -0.1) is 0 Å². The molecule has 3 heterocycles. The molecule has 1 atom stereocenters. The summed E-state index contributed by atoms with van der Waals surface area (Å²) >= 11 is 0. The molecule has 7 nitrogen and oxygen atoms in total. The van der Waals surface area contributed by atoms with Crippen molar-refractivity contribution in [1.29, 1.82) is 0 Å². The Labute approximate surface area is 169 Å². The van der Waals surface area contributed by atoms with E-state index in [1.54, 1.807) is 49.3 Å². The molecule has 1 saturated heterocycles. The van der Waals surface area contributed by atoms with Crippen LogP contribution in [0.25, 0.3) is 5.69 Å². The Kier molecular flexibility index (Phi) is 5.58. The summed E-state index contributed by atoms with van der Waals surface area (Å²) in [6.45, 7) is 3.39. The van der Waals surface area contributed by atoms with Crippen LogP contribution in [0, 0.1) is 6.92 Å². The molecule has 7 heteroatoms. The third-order valence-corrected chi connectivity index (χ3v) is 5.54. The van der Waals surface area contributed by atoms with E-state index in [0.717, 1.165) is 32.3 Å². The number of ether oxygens (including phenoxy) is 3. The van der Waals surface area contributed by atoms with Gasteiger partial charge in [0.05, 0.1) is 11.8 Å². The monoisotopic (exact) mass is 398 g/mol. The van der Waals surface area contributed by atoms with Gasteiger partial charge in [0.25, 0.3) is 11.5 Å². The summed E-state index contributed by atoms with van der Waals surface area (Å²) in [7, 11) is 1.74. The maximum atomic E-state index is 13.1. The van der Waals surface area contributed by atoms with Crippen LogP contribution in [0.15, 0.2) is 35.3 Å². The van der Waals surface area contributed by atoms with Crippen LogP contribution in [0.3, 0.4) is 0 Å². The number of carbonyl (C=O) groups is 1. The molecule has 0 N–H and O–H groups in total. The van der Waals surface area contributed by atoms with E-state index in [1.165, 1.54) is 4.57 Å². The number of fused-ring (bicyclic) bond motifs is 1. The van der Waals surface area contributed by atoms with Gasteiger partial charge in [-0.05, 0) is 56.4 Å². The van der Waals surface area contributed by atoms with Crippen LogP contribution in [0.2, 0.25) is 0 Å². The maximum absolute atomic E-state index is 13.1. The minimum Gasteiger partial charge on any atom is -0.454 e. The van der Waals surface area contributed by atoms with Crippen LogP contribution in [0.4, 0.5) is 0 Å². The minimum atomic E-state index is -0.333. The van der Waals surface area contributed by atoms with E-state index < -0.39 is 0 Å². The molecule has 1 fully saturated rings. The second-order valence-electron chi connectivity index (χ2n) is 7.59. The molecular formula is C22H26N2O5. The number of rotatable bonds is 6. The summed E-state index contributed by atoms with van der Waals surface area (Å²) in [6, 6.07) is 7.09. The zero-order valence-corrected chi connectivity index (χ0v) is 16.8. The summed E-state index contributed by atoms with van der Waals surface area (Å²) in [5.74, 6) is 0.986. The summed E-state index contributed by atoms with van der Waals surface area (Å²) < 4.78 is 17.8. The molecule has 0 spiro atoms. The number of hydrogen-bond donors (Lipinski definition) is 0. The third-order valence-electron chi connectivity index (χ3n) is 5.54. The highest BCUT2D eigenvalue weighted by molar-refractivity contribution is 5.95. The van der Waals surface area contributed by atoms with Crippen LogP contribution in [-0.4, -0.2) is 48.5 Å². The molecule has 2 aliphatic heterocycles. The van der Waals surface area contributed by atoms with Gasteiger partial charge in [0.1, 0.15) is 5.56 Å².